The maximum Gasteiger partial charge on any atom is 0.325 e. The van der Waals surface area contributed by atoms with E-state index in [4.69, 9.17) is 10.5 Å². The molecule has 1 heterocycles. The molecule has 0 fully saturated rings. The first-order valence-corrected chi connectivity index (χ1v) is 6.42. The van der Waals surface area contributed by atoms with Crippen molar-refractivity contribution in [1.29, 1.82) is 10.5 Å². The van der Waals surface area contributed by atoms with Gasteiger partial charge in [-0.05, 0) is 5.56 Å². The van der Waals surface area contributed by atoms with E-state index in [0.29, 0.717) is 11.1 Å². The largest absolute Gasteiger partial charge is 0.325 e. The summed E-state index contributed by atoms with van der Waals surface area (Å²) in [6, 6.07) is 12.5. The predicted octanol–water partition coefficient (Wildman–Crippen LogP) is 3.49. The summed E-state index contributed by atoms with van der Waals surface area (Å²) in [4.78, 5) is 11.2. The van der Waals surface area contributed by atoms with Gasteiger partial charge in [-0.25, -0.2) is 0 Å². The fraction of sp³-hybridized carbons (Fsp3) is 0. The smallest absolute Gasteiger partial charge is 0.258 e. The van der Waals surface area contributed by atoms with Crippen molar-refractivity contribution in [3.63, 3.8) is 0 Å². The summed E-state index contributed by atoms with van der Waals surface area (Å²) in [5.41, 5.74) is 2.68. The average molecular weight is 279 g/mol. The molecule has 1 aromatic carbocycles. The lowest BCUT2D eigenvalue weighted by Crippen LogP contribution is -1.87. The summed E-state index contributed by atoms with van der Waals surface area (Å²) in [5, 5.41) is 29.1. The Bertz CT molecular complexity index is 849. The van der Waals surface area contributed by atoms with Crippen LogP contribution in [0.1, 0.15) is 11.1 Å². The van der Waals surface area contributed by atoms with E-state index in [1.165, 1.54) is 6.07 Å². The van der Waals surface area contributed by atoms with Gasteiger partial charge in [0.05, 0.1) is 4.92 Å². The molecule has 1 aromatic heterocycles. The molecule has 0 saturated heterocycles. The fourth-order valence-electron chi connectivity index (χ4n) is 2.30. The molecular weight excluding hydrogens is 274 g/mol. The van der Waals surface area contributed by atoms with Gasteiger partial charge in [-0.15, -0.1) is 0 Å². The normalized spacial score (nSPS) is 11.2. The molecular formula is C14H5N3O2S. The number of allylic oxidation sites excluding steroid dienone is 1. The van der Waals surface area contributed by atoms with Crippen molar-refractivity contribution in [3.8, 4) is 22.6 Å². The highest BCUT2D eigenvalue weighted by molar-refractivity contribution is 7.19. The number of rotatable bonds is 1. The van der Waals surface area contributed by atoms with E-state index >= 15 is 0 Å². The third-order valence-corrected chi connectivity index (χ3v) is 4.20. The lowest BCUT2D eigenvalue weighted by atomic mass is 10.00. The summed E-state index contributed by atoms with van der Waals surface area (Å²) >= 11 is 1.06. The molecule has 0 amide bonds. The Labute approximate surface area is 117 Å². The van der Waals surface area contributed by atoms with Crippen molar-refractivity contribution in [2.45, 2.75) is 0 Å². The van der Waals surface area contributed by atoms with Gasteiger partial charge in [0.15, 0.2) is 0 Å². The molecule has 0 N–H and O–H groups in total. The van der Waals surface area contributed by atoms with Crippen molar-refractivity contribution < 1.29 is 4.92 Å². The van der Waals surface area contributed by atoms with Crippen LogP contribution in [0, 0.1) is 32.8 Å². The lowest BCUT2D eigenvalue weighted by Gasteiger charge is -2.01. The minimum Gasteiger partial charge on any atom is -0.258 e. The topological polar surface area (TPSA) is 90.7 Å². The molecule has 6 heteroatoms. The summed E-state index contributed by atoms with van der Waals surface area (Å²) in [7, 11) is 0. The van der Waals surface area contributed by atoms with Gasteiger partial charge < -0.3 is 0 Å². The molecule has 0 spiro atoms. The number of nitriles is 2. The monoisotopic (exact) mass is 279 g/mol. The van der Waals surface area contributed by atoms with E-state index in [1.807, 2.05) is 36.4 Å². The van der Waals surface area contributed by atoms with E-state index in [-0.39, 0.29) is 10.6 Å². The van der Waals surface area contributed by atoms with Crippen LogP contribution < -0.4 is 0 Å². The van der Waals surface area contributed by atoms with Crippen molar-refractivity contribution >= 4 is 21.9 Å². The van der Waals surface area contributed by atoms with Gasteiger partial charge in [0.25, 0.3) is 0 Å². The van der Waals surface area contributed by atoms with Gasteiger partial charge in [-0.1, -0.05) is 35.6 Å². The molecule has 5 nitrogen and oxygen atoms in total. The third-order valence-electron chi connectivity index (χ3n) is 3.08. The standard InChI is InChI=1S/C14H5N3O2S/c15-6-8(7-16)13-9-3-1-2-4-10(9)14-11(13)5-12(20-14)17(18)19/h1-5H. The number of nitro groups is 1. The highest BCUT2D eigenvalue weighted by atomic mass is 32.1. The highest BCUT2D eigenvalue weighted by Crippen LogP contribution is 2.51. The van der Waals surface area contributed by atoms with Crippen LogP contribution in [-0.2, 0) is 0 Å². The fourth-order valence-corrected chi connectivity index (χ4v) is 3.32. The third kappa shape index (κ3) is 1.53. The second-order valence-electron chi connectivity index (χ2n) is 4.10. The molecule has 20 heavy (non-hydrogen) atoms. The van der Waals surface area contributed by atoms with E-state index in [2.05, 4.69) is 0 Å². The highest BCUT2D eigenvalue weighted by Gasteiger charge is 2.31. The van der Waals surface area contributed by atoms with Gasteiger partial charge in [-0.3, -0.25) is 10.1 Å². The van der Waals surface area contributed by atoms with Gasteiger partial charge in [0.2, 0.25) is 0 Å². The predicted molar refractivity (Wildman–Crippen MR) is 73.7 cm³/mol. The first kappa shape index (κ1) is 12.1. The molecule has 1 aliphatic rings. The second-order valence-corrected chi connectivity index (χ2v) is 5.13. The average Bonchev–Trinajstić information content (AvgIpc) is 2.99. The van der Waals surface area contributed by atoms with Crippen molar-refractivity contribution in [3.05, 3.63) is 57.1 Å². The van der Waals surface area contributed by atoms with E-state index in [9.17, 15) is 10.1 Å². The number of thiophene rings is 1. The molecule has 0 radical (unpaired) electrons. The van der Waals surface area contributed by atoms with E-state index in [0.717, 1.165) is 27.3 Å². The van der Waals surface area contributed by atoms with Crippen LogP contribution in [-0.4, -0.2) is 4.92 Å². The first-order chi connectivity index (χ1) is 9.67. The van der Waals surface area contributed by atoms with Gasteiger partial charge in [-0.2, -0.15) is 10.5 Å². The van der Waals surface area contributed by atoms with Gasteiger partial charge in [0.1, 0.15) is 17.7 Å². The maximum absolute atomic E-state index is 10.9. The number of nitrogens with zero attached hydrogens (tertiary/aromatic N) is 3. The molecule has 0 bridgehead atoms. The molecule has 0 saturated carbocycles. The van der Waals surface area contributed by atoms with Crippen LogP contribution in [0.5, 0.6) is 0 Å². The van der Waals surface area contributed by atoms with Gasteiger partial charge in [0, 0.05) is 27.6 Å². The molecule has 2 aromatic rings. The molecule has 1 aliphatic carbocycles. The van der Waals surface area contributed by atoms with Crippen LogP contribution in [0.4, 0.5) is 5.00 Å². The quantitative estimate of drug-likeness (QED) is 0.387. The second kappa shape index (κ2) is 4.30. The van der Waals surface area contributed by atoms with E-state index in [1.54, 1.807) is 0 Å². The number of hydrogen-bond acceptors (Lipinski definition) is 5. The van der Waals surface area contributed by atoms with Crippen molar-refractivity contribution in [2.24, 2.45) is 0 Å². The van der Waals surface area contributed by atoms with Crippen LogP contribution in [0.25, 0.3) is 16.0 Å². The summed E-state index contributed by atoms with van der Waals surface area (Å²) in [5.74, 6) is 0. The Balaban J connectivity index is 2.41. The van der Waals surface area contributed by atoms with Crippen LogP contribution in [0.2, 0.25) is 0 Å². The number of hydrogen-bond donors (Lipinski definition) is 0. The Morgan fingerprint density at radius 1 is 1.15 bits per heavy atom. The number of fused-ring (bicyclic) bond motifs is 3. The maximum atomic E-state index is 10.9. The minimum absolute atomic E-state index is 0.0113. The van der Waals surface area contributed by atoms with Crippen LogP contribution in [0.3, 0.4) is 0 Å². The molecule has 0 aliphatic heterocycles. The van der Waals surface area contributed by atoms with Crippen LogP contribution in [0.15, 0.2) is 35.9 Å². The van der Waals surface area contributed by atoms with Crippen molar-refractivity contribution in [1.82, 2.24) is 0 Å². The molecule has 0 atom stereocenters. The molecule has 94 valence electrons. The van der Waals surface area contributed by atoms with Gasteiger partial charge >= 0.3 is 5.00 Å². The Morgan fingerprint density at radius 2 is 1.80 bits per heavy atom. The minimum atomic E-state index is -0.457. The summed E-state index contributed by atoms with van der Waals surface area (Å²) < 4.78 is 0. The van der Waals surface area contributed by atoms with Crippen molar-refractivity contribution in [2.75, 3.05) is 0 Å². The zero-order valence-corrected chi connectivity index (χ0v) is 10.8. The zero-order valence-electron chi connectivity index (χ0n) is 9.95. The summed E-state index contributed by atoms with van der Waals surface area (Å²) in [6.45, 7) is 0. The summed E-state index contributed by atoms with van der Waals surface area (Å²) in [6.07, 6.45) is 0. The number of benzene rings is 1. The molecule has 3 rings (SSSR count). The SMILES string of the molecule is N#CC(C#N)=C1c2ccccc2-c2sc([N+](=O)[O-])cc21. The lowest BCUT2D eigenvalue weighted by molar-refractivity contribution is -0.380. The molecule has 0 unspecified atom stereocenters. The Kier molecular flexibility index (Phi) is 2.60. The Hall–Kier alpha value is -2.96. The Morgan fingerprint density at radius 3 is 2.40 bits per heavy atom. The van der Waals surface area contributed by atoms with E-state index < -0.39 is 4.92 Å². The van der Waals surface area contributed by atoms with Crippen LogP contribution >= 0.6 is 11.3 Å². The zero-order chi connectivity index (χ0) is 14.3. The first-order valence-electron chi connectivity index (χ1n) is 5.60.